The number of carbonyl (C=O) groups is 1. The Balaban J connectivity index is 2.30. The fourth-order valence-electron chi connectivity index (χ4n) is 1.85. The van der Waals surface area contributed by atoms with E-state index in [0.29, 0.717) is 11.3 Å². The van der Waals surface area contributed by atoms with Gasteiger partial charge in [-0.3, -0.25) is 4.79 Å². The molecule has 2 aromatic carbocycles. The molecule has 2 rings (SSSR count). The summed E-state index contributed by atoms with van der Waals surface area (Å²) in [4.78, 5) is 12.2. The van der Waals surface area contributed by atoms with E-state index in [4.69, 9.17) is 11.6 Å². The zero-order chi connectivity index (χ0) is 14.7. The topological polar surface area (TPSA) is 41.1 Å². The molecule has 0 bridgehead atoms. The Bertz CT molecular complexity index is 658. The fourth-order valence-corrected chi connectivity index (χ4v) is 2.01. The van der Waals surface area contributed by atoms with Crippen molar-refractivity contribution in [2.75, 3.05) is 17.7 Å². The third-order valence-corrected chi connectivity index (χ3v) is 3.20. The fraction of sp³-hybridized carbons (Fsp3) is 0.133. The molecule has 104 valence electrons. The van der Waals surface area contributed by atoms with Crippen LogP contribution in [0.25, 0.3) is 0 Å². The molecule has 0 aliphatic rings. The second-order valence-corrected chi connectivity index (χ2v) is 4.78. The molecule has 3 nitrogen and oxygen atoms in total. The molecule has 2 N–H and O–H groups in total. The summed E-state index contributed by atoms with van der Waals surface area (Å²) in [5.74, 6) is -0.802. The van der Waals surface area contributed by atoms with Gasteiger partial charge < -0.3 is 10.6 Å². The van der Waals surface area contributed by atoms with Gasteiger partial charge in [0.25, 0.3) is 5.91 Å². The maximum absolute atomic E-state index is 13.2. The molecule has 20 heavy (non-hydrogen) atoms. The number of benzene rings is 2. The minimum atomic E-state index is -0.456. The van der Waals surface area contributed by atoms with Gasteiger partial charge in [0.1, 0.15) is 5.82 Å². The second-order valence-electron chi connectivity index (χ2n) is 4.38. The van der Waals surface area contributed by atoms with Gasteiger partial charge >= 0.3 is 0 Å². The van der Waals surface area contributed by atoms with Gasteiger partial charge in [0, 0.05) is 12.7 Å². The van der Waals surface area contributed by atoms with Crippen molar-refractivity contribution in [3.05, 3.63) is 58.4 Å². The number of anilines is 2. The Hall–Kier alpha value is -2.07. The van der Waals surface area contributed by atoms with Crippen molar-refractivity contribution < 1.29 is 9.18 Å². The van der Waals surface area contributed by atoms with Crippen LogP contribution in [0.5, 0.6) is 0 Å². The van der Waals surface area contributed by atoms with Crippen LogP contribution in [0.15, 0.2) is 36.4 Å². The van der Waals surface area contributed by atoms with E-state index in [1.54, 1.807) is 13.1 Å². The Morgan fingerprint density at radius 3 is 2.60 bits per heavy atom. The zero-order valence-electron chi connectivity index (χ0n) is 11.1. The normalized spacial score (nSPS) is 10.2. The van der Waals surface area contributed by atoms with Crippen molar-refractivity contribution in [2.45, 2.75) is 6.92 Å². The number of aryl methyl sites for hydroxylation is 1. The van der Waals surface area contributed by atoms with Gasteiger partial charge in [0.05, 0.1) is 16.3 Å². The van der Waals surface area contributed by atoms with Gasteiger partial charge in [0.2, 0.25) is 0 Å². The quantitative estimate of drug-likeness (QED) is 0.895. The maximum atomic E-state index is 13.2. The molecule has 1 amide bonds. The average Bonchev–Trinajstić information content (AvgIpc) is 2.42. The van der Waals surface area contributed by atoms with Gasteiger partial charge in [-0.2, -0.15) is 0 Å². The van der Waals surface area contributed by atoms with Crippen molar-refractivity contribution in [3.63, 3.8) is 0 Å². The van der Waals surface area contributed by atoms with E-state index in [-0.39, 0.29) is 16.6 Å². The van der Waals surface area contributed by atoms with Gasteiger partial charge in [-0.05, 0) is 42.8 Å². The lowest BCUT2D eigenvalue weighted by atomic mass is 10.1. The first kappa shape index (κ1) is 14.3. The number of hydrogen-bond acceptors (Lipinski definition) is 2. The monoisotopic (exact) mass is 292 g/mol. The SMILES string of the molecule is CNc1cc(C)ccc1C(=O)Nc1cc(F)ccc1Cl. The summed E-state index contributed by atoms with van der Waals surface area (Å²) in [5, 5.41) is 5.86. The number of nitrogens with one attached hydrogen (secondary N) is 2. The molecule has 0 saturated carbocycles. The van der Waals surface area contributed by atoms with E-state index in [2.05, 4.69) is 10.6 Å². The summed E-state index contributed by atoms with van der Waals surface area (Å²) in [7, 11) is 1.74. The number of hydrogen-bond donors (Lipinski definition) is 2. The van der Waals surface area contributed by atoms with Crippen LogP contribution in [-0.4, -0.2) is 13.0 Å². The molecule has 0 aromatic heterocycles. The van der Waals surface area contributed by atoms with Crippen molar-refractivity contribution in [2.24, 2.45) is 0 Å². The van der Waals surface area contributed by atoms with E-state index in [0.717, 1.165) is 5.56 Å². The van der Waals surface area contributed by atoms with Gasteiger partial charge in [-0.1, -0.05) is 17.7 Å². The van der Waals surface area contributed by atoms with E-state index < -0.39 is 5.82 Å². The van der Waals surface area contributed by atoms with Crippen LogP contribution in [0.4, 0.5) is 15.8 Å². The molecule has 5 heteroatoms. The van der Waals surface area contributed by atoms with Crippen molar-refractivity contribution in [1.29, 1.82) is 0 Å². The third kappa shape index (κ3) is 3.08. The predicted molar refractivity (Wildman–Crippen MR) is 80.1 cm³/mol. The predicted octanol–water partition coefficient (Wildman–Crippen LogP) is 4.08. The molecule has 2 aromatic rings. The van der Waals surface area contributed by atoms with Crippen LogP contribution in [0.1, 0.15) is 15.9 Å². The van der Waals surface area contributed by atoms with E-state index >= 15 is 0 Å². The summed E-state index contributed by atoms with van der Waals surface area (Å²) < 4.78 is 13.2. The van der Waals surface area contributed by atoms with Gasteiger partial charge in [-0.15, -0.1) is 0 Å². The molecule has 0 radical (unpaired) electrons. The van der Waals surface area contributed by atoms with Crippen molar-refractivity contribution in [3.8, 4) is 0 Å². The molecular weight excluding hydrogens is 279 g/mol. The van der Waals surface area contributed by atoms with Crippen LogP contribution in [-0.2, 0) is 0 Å². The molecule has 0 atom stereocenters. The Morgan fingerprint density at radius 1 is 1.15 bits per heavy atom. The Morgan fingerprint density at radius 2 is 1.90 bits per heavy atom. The summed E-state index contributed by atoms with van der Waals surface area (Å²) in [6, 6.07) is 9.24. The lowest BCUT2D eigenvalue weighted by Gasteiger charge is -2.11. The minimum Gasteiger partial charge on any atom is -0.387 e. The average molecular weight is 293 g/mol. The van der Waals surface area contributed by atoms with Gasteiger partial charge in [-0.25, -0.2) is 4.39 Å². The first-order valence-electron chi connectivity index (χ1n) is 6.06. The summed E-state index contributed by atoms with van der Waals surface area (Å²) >= 11 is 5.93. The van der Waals surface area contributed by atoms with E-state index in [9.17, 15) is 9.18 Å². The molecule has 0 aliphatic carbocycles. The van der Waals surface area contributed by atoms with Crippen LogP contribution in [0, 0.1) is 12.7 Å². The minimum absolute atomic E-state index is 0.249. The zero-order valence-corrected chi connectivity index (χ0v) is 11.9. The Kier molecular flexibility index (Phi) is 4.25. The van der Waals surface area contributed by atoms with Crippen LogP contribution in [0.3, 0.4) is 0 Å². The first-order valence-corrected chi connectivity index (χ1v) is 6.44. The molecular formula is C15H14ClFN2O. The number of amides is 1. The Labute approximate surface area is 121 Å². The summed E-state index contributed by atoms with van der Waals surface area (Å²) in [6.07, 6.45) is 0. The molecule has 0 spiro atoms. The smallest absolute Gasteiger partial charge is 0.257 e. The van der Waals surface area contributed by atoms with Crippen molar-refractivity contribution >= 4 is 28.9 Å². The van der Waals surface area contributed by atoms with E-state index in [1.807, 2.05) is 19.1 Å². The molecule has 0 saturated heterocycles. The molecule has 0 fully saturated rings. The van der Waals surface area contributed by atoms with Gasteiger partial charge in [0.15, 0.2) is 0 Å². The highest BCUT2D eigenvalue weighted by Crippen LogP contribution is 2.24. The summed E-state index contributed by atoms with van der Waals surface area (Å²) in [6.45, 7) is 1.94. The number of halogens is 2. The first-order chi connectivity index (χ1) is 9.51. The second kappa shape index (κ2) is 5.92. The van der Waals surface area contributed by atoms with Crippen LogP contribution in [0.2, 0.25) is 5.02 Å². The summed E-state index contributed by atoms with van der Waals surface area (Å²) in [5.41, 5.74) is 2.46. The molecule has 0 heterocycles. The van der Waals surface area contributed by atoms with Crippen LogP contribution < -0.4 is 10.6 Å². The highest BCUT2D eigenvalue weighted by Gasteiger charge is 2.13. The van der Waals surface area contributed by atoms with Crippen LogP contribution >= 0.6 is 11.6 Å². The maximum Gasteiger partial charge on any atom is 0.257 e. The standard InChI is InChI=1S/C15H14ClFN2O/c1-9-3-5-11(13(7-9)18-2)15(20)19-14-8-10(17)4-6-12(14)16/h3-8,18H,1-2H3,(H,19,20). The highest BCUT2D eigenvalue weighted by atomic mass is 35.5. The molecule has 0 unspecified atom stereocenters. The number of carbonyl (C=O) groups excluding carboxylic acids is 1. The van der Waals surface area contributed by atoms with E-state index in [1.165, 1.54) is 18.2 Å². The highest BCUT2D eigenvalue weighted by molar-refractivity contribution is 6.34. The lowest BCUT2D eigenvalue weighted by molar-refractivity contribution is 0.102. The molecule has 0 aliphatic heterocycles. The third-order valence-electron chi connectivity index (χ3n) is 2.87. The lowest BCUT2D eigenvalue weighted by Crippen LogP contribution is -2.14. The van der Waals surface area contributed by atoms with Crippen molar-refractivity contribution in [1.82, 2.24) is 0 Å². The number of rotatable bonds is 3. The largest absolute Gasteiger partial charge is 0.387 e.